The predicted molar refractivity (Wildman–Crippen MR) is 63.4 cm³/mol. The number of nitrogens with one attached hydrogen (secondary N) is 2. The molecule has 17 heavy (non-hydrogen) atoms. The normalized spacial score (nSPS) is 10.2. The molecular formula is C11H13N5O. The standard InChI is InChI=1S/C11H13N5O/c1-7-13-11(16-15-7)14-10(17)9-4-2-8(6-12)3-5-9/h2-5H,6,12H2,1H3,(H2,13,14,15,16,17). The van der Waals surface area contributed by atoms with Gasteiger partial charge in [0.25, 0.3) is 5.91 Å². The molecule has 0 saturated heterocycles. The summed E-state index contributed by atoms with van der Waals surface area (Å²) in [6.07, 6.45) is 0. The molecule has 1 heterocycles. The van der Waals surface area contributed by atoms with Crippen molar-refractivity contribution in [2.75, 3.05) is 5.32 Å². The molecule has 0 atom stereocenters. The van der Waals surface area contributed by atoms with Gasteiger partial charge < -0.3 is 5.73 Å². The van der Waals surface area contributed by atoms with Gasteiger partial charge in [0.2, 0.25) is 5.95 Å². The van der Waals surface area contributed by atoms with Gasteiger partial charge in [-0.3, -0.25) is 15.2 Å². The lowest BCUT2D eigenvalue weighted by Gasteiger charge is -2.02. The van der Waals surface area contributed by atoms with Crippen LogP contribution in [0.3, 0.4) is 0 Å². The Morgan fingerprint density at radius 2 is 2.12 bits per heavy atom. The SMILES string of the molecule is Cc1nc(NC(=O)c2ccc(CN)cc2)n[nH]1. The quantitative estimate of drug-likeness (QED) is 0.728. The molecule has 0 fully saturated rings. The topological polar surface area (TPSA) is 96.7 Å². The predicted octanol–water partition coefficient (Wildman–Crippen LogP) is 0.824. The Morgan fingerprint density at radius 1 is 1.41 bits per heavy atom. The molecule has 0 aliphatic carbocycles. The van der Waals surface area contributed by atoms with Crippen LogP contribution in [0.4, 0.5) is 5.95 Å². The molecule has 0 spiro atoms. The summed E-state index contributed by atoms with van der Waals surface area (Å²) in [5, 5.41) is 9.07. The second-order valence-electron chi connectivity index (χ2n) is 3.60. The highest BCUT2D eigenvalue weighted by atomic mass is 16.1. The smallest absolute Gasteiger partial charge is 0.258 e. The van der Waals surface area contributed by atoms with Gasteiger partial charge in [0.05, 0.1) is 0 Å². The van der Waals surface area contributed by atoms with E-state index in [4.69, 9.17) is 5.73 Å². The summed E-state index contributed by atoms with van der Waals surface area (Å²) in [5.41, 5.74) is 7.01. The van der Waals surface area contributed by atoms with Crippen LogP contribution < -0.4 is 11.1 Å². The molecule has 0 saturated carbocycles. The number of nitrogens with zero attached hydrogens (tertiary/aromatic N) is 2. The van der Waals surface area contributed by atoms with Crippen molar-refractivity contribution in [3.8, 4) is 0 Å². The van der Waals surface area contributed by atoms with Gasteiger partial charge in [0.1, 0.15) is 5.82 Å². The van der Waals surface area contributed by atoms with E-state index < -0.39 is 0 Å². The Balaban J connectivity index is 2.09. The number of aromatic amines is 1. The van der Waals surface area contributed by atoms with Crippen molar-refractivity contribution in [1.29, 1.82) is 0 Å². The number of carbonyl (C=O) groups is 1. The number of anilines is 1. The van der Waals surface area contributed by atoms with Crippen molar-refractivity contribution in [2.24, 2.45) is 5.73 Å². The summed E-state index contributed by atoms with van der Waals surface area (Å²) in [6, 6.07) is 7.07. The van der Waals surface area contributed by atoms with Gasteiger partial charge >= 0.3 is 0 Å². The van der Waals surface area contributed by atoms with E-state index in [1.807, 2.05) is 12.1 Å². The van der Waals surface area contributed by atoms with E-state index in [1.54, 1.807) is 19.1 Å². The summed E-state index contributed by atoms with van der Waals surface area (Å²) in [6.45, 7) is 2.22. The third kappa shape index (κ3) is 2.67. The molecule has 6 nitrogen and oxygen atoms in total. The van der Waals surface area contributed by atoms with Gasteiger partial charge in [-0.2, -0.15) is 4.98 Å². The maximum atomic E-state index is 11.8. The molecule has 4 N–H and O–H groups in total. The summed E-state index contributed by atoms with van der Waals surface area (Å²) < 4.78 is 0. The summed E-state index contributed by atoms with van der Waals surface area (Å²) in [5.74, 6) is 0.682. The Kier molecular flexibility index (Phi) is 3.15. The number of hydrogen-bond acceptors (Lipinski definition) is 4. The Hall–Kier alpha value is -2.21. The van der Waals surface area contributed by atoms with Crippen LogP contribution in [0.5, 0.6) is 0 Å². The highest BCUT2D eigenvalue weighted by Crippen LogP contribution is 2.06. The number of nitrogens with two attached hydrogens (primary N) is 1. The van der Waals surface area contributed by atoms with Gasteiger partial charge in [-0.15, -0.1) is 5.10 Å². The molecular weight excluding hydrogens is 218 g/mol. The Morgan fingerprint density at radius 3 is 2.65 bits per heavy atom. The van der Waals surface area contributed by atoms with Crippen molar-refractivity contribution >= 4 is 11.9 Å². The first-order valence-electron chi connectivity index (χ1n) is 5.18. The molecule has 0 bridgehead atoms. The largest absolute Gasteiger partial charge is 0.326 e. The molecule has 0 aliphatic heterocycles. The van der Waals surface area contributed by atoms with Crippen LogP contribution in [-0.2, 0) is 6.54 Å². The second kappa shape index (κ2) is 4.75. The first kappa shape index (κ1) is 11.3. The summed E-state index contributed by atoms with van der Waals surface area (Å²) in [7, 11) is 0. The highest BCUT2D eigenvalue weighted by Gasteiger charge is 2.08. The summed E-state index contributed by atoms with van der Waals surface area (Å²) >= 11 is 0. The lowest BCUT2D eigenvalue weighted by atomic mass is 10.1. The molecule has 0 aliphatic rings. The van der Waals surface area contributed by atoms with E-state index in [-0.39, 0.29) is 11.9 Å². The average molecular weight is 231 g/mol. The molecule has 0 unspecified atom stereocenters. The molecule has 1 aromatic carbocycles. The van der Waals surface area contributed by atoms with Crippen molar-refractivity contribution < 1.29 is 4.79 Å². The molecule has 1 aromatic heterocycles. The Labute approximate surface area is 98.3 Å². The minimum atomic E-state index is -0.243. The lowest BCUT2D eigenvalue weighted by Crippen LogP contribution is -2.13. The maximum Gasteiger partial charge on any atom is 0.258 e. The van der Waals surface area contributed by atoms with Crippen LogP contribution >= 0.6 is 0 Å². The number of H-pyrrole nitrogens is 1. The number of aryl methyl sites for hydroxylation is 1. The van der Waals surface area contributed by atoms with E-state index in [9.17, 15) is 4.79 Å². The monoisotopic (exact) mass is 231 g/mol. The van der Waals surface area contributed by atoms with Crippen LogP contribution in [0.2, 0.25) is 0 Å². The van der Waals surface area contributed by atoms with E-state index in [0.717, 1.165) is 5.56 Å². The van der Waals surface area contributed by atoms with E-state index in [1.165, 1.54) is 0 Å². The number of amides is 1. The second-order valence-corrected chi connectivity index (χ2v) is 3.60. The number of rotatable bonds is 3. The minimum Gasteiger partial charge on any atom is -0.326 e. The zero-order valence-corrected chi connectivity index (χ0v) is 9.40. The van der Waals surface area contributed by atoms with Gasteiger partial charge in [-0.25, -0.2) is 0 Å². The third-order valence-corrected chi connectivity index (χ3v) is 2.27. The number of hydrogen-bond donors (Lipinski definition) is 3. The number of benzene rings is 1. The lowest BCUT2D eigenvalue weighted by molar-refractivity contribution is 0.102. The third-order valence-electron chi connectivity index (χ3n) is 2.27. The first-order chi connectivity index (χ1) is 8.19. The maximum absolute atomic E-state index is 11.8. The fraction of sp³-hybridized carbons (Fsp3) is 0.182. The minimum absolute atomic E-state index is 0.243. The zero-order valence-electron chi connectivity index (χ0n) is 9.40. The fourth-order valence-corrected chi connectivity index (χ4v) is 1.36. The number of carbonyl (C=O) groups excluding carboxylic acids is 1. The number of aromatic nitrogens is 3. The van der Waals surface area contributed by atoms with Crippen LogP contribution in [-0.4, -0.2) is 21.1 Å². The molecule has 1 amide bonds. The van der Waals surface area contributed by atoms with Crippen molar-refractivity contribution in [3.05, 3.63) is 41.2 Å². The van der Waals surface area contributed by atoms with E-state index in [0.29, 0.717) is 17.9 Å². The van der Waals surface area contributed by atoms with Crippen molar-refractivity contribution in [3.63, 3.8) is 0 Å². The van der Waals surface area contributed by atoms with Crippen LogP contribution in [0.15, 0.2) is 24.3 Å². The van der Waals surface area contributed by atoms with Gasteiger partial charge in [0.15, 0.2) is 0 Å². The van der Waals surface area contributed by atoms with Crippen LogP contribution in [0, 0.1) is 6.92 Å². The Bertz CT molecular complexity index is 517. The van der Waals surface area contributed by atoms with Gasteiger partial charge in [0, 0.05) is 12.1 Å². The zero-order chi connectivity index (χ0) is 12.3. The molecule has 6 heteroatoms. The van der Waals surface area contributed by atoms with Crippen molar-refractivity contribution in [2.45, 2.75) is 13.5 Å². The van der Waals surface area contributed by atoms with Gasteiger partial charge in [-0.1, -0.05) is 12.1 Å². The van der Waals surface area contributed by atoms with E-state index >= 15 is 0 Å². The first-order valence-corrected chi connectivity index (χ1v) is 5.18. The molecule has 88 valence electrons. The average Bonchev–Trinajstić information content (AvgIpc) is 2.75. The fourth-order valence-electron chi connectivity index (χ4n) is 1.36. The molecule has 2 aromatic rings. The summed E-state index contributed by atoms with van der Waals surface area (Å²) in [4.78, 5) is 15.8. The molecule has 2 rings (SSSR count). The van der Waals surface area contributed by atoms with Crippen LogP contribution in [0.25, 0.3) is 0 Å². The highest BCUT2D eigenvalue weighted by molar-refractivity contribution is 6.03. The molecule has 0 radical (unpaired) electrons. The van der Waals surface area contributed by atoms with E-state index in [2.05, 4.69) is 20.5 Å². The van der Waals surface area contributed by atoms with Gasteiger partial charge in [-0.05, 0) is 24.6 Å². The van der Waals surface area contributed by atoms with Crippen LogP contribution in [0.1, 0.15) is 21.7 Å². The van der Waals surface area contributed by atoms with Crippen molar-refractivity contribution in [1.82, 2.24) is 15.2 Å².